The van der Waals surface area contributed by atoms with Gasteiger partial charge in [-0.05, 0) is 111 Å². The highest BCUT2D eigenvalue weighted by molar-refractivity contribution is 7.82. The third-order valence-corrected chi connectivity index (χ3v) is 8.38. The molecule has 0 saturated carbocycles. The molecule has 5 nitrogen and oxygen atoms in total. The quantitative estimate of drug-likeness (QED) is 0.289. The van der Waals surface area contributed by atoms with Crippen LogP contribution in [0.3, 0.4) is 0 Å². The van der Waals surface area contributed by atoms with Crippen molar-refractivity contribution in [2.24, 2.45) is 10.1 Å². The van der Waals surface area contributed by atoms with E-state index in [-0.39, 0.29) is 11.8 Å². The van der Waals surface area contributed by atoms with Gasteiger partial charge in [0.25, 0.3) is 0 Å². The van der Waals surface area contributed by atoms with Crippen LogP contribution in [0.1, 0.15) is 81.5 Å². The molecule has 7 heteroatoms. The van der Waals surface area contributed by atoms with Crippen molar-refractivity contribution in [2.75, 3.05) is 11.4 Å². The van der Waals surface area contributed by atoms with E-state index in [9.17, 15) is 13.4 Å². The summed E-state index contributed by atoms with van der Waals surface area (Å²) < 4.78 is 22.9. The number of carbonyl (C=O) groups is 1. The molecule has 2 unspecified atom stereocenters. The lowest BCUT2D eigenvalue weighted by Gasteiger charge is -2.28. The molecule has 1 amide bonds. The van der Waals surface area contributed by atoms with Crippen LogP contribution in [-0.4, -0.2) is 22.4 Å². The minimum Gasteiger partial charge on any atom is -0.306 e. The van der Waals surface area contributed by atoms with Crippen molar-refractivity contribution in [3.05, 3.63) is 119 Å². The van der Waals surface area contributed by atoms with E-state index in [4.69, 9.17) is 10.1 Å². The molecular formula is C37H46FN3O2S. The van der Waals surface area contributed by atoms with Crippen LogP contribution in [0.2, 0.25) is 0 Å². The molecule has 0 spiro atoms. The fourth-order valence-electron chi connectivity index (χ4n) is 5.41. The minimum atomic E-state index is -1.58. The Morgan fingerprint density at radius 3 is 2.43 bits per heavy atom. The van der Waals surface area contributed by atoms with Crippen LogP contribution in [0, 0.1) is 12.7 Å². The Morgan fingerprint density at radius 1 is 1.02 bits per heavy atom. The van der Waals surface area contributed by atoms with Crippen molar-refractivity contribution in [1.82, 2.24) is 0 Å². The maximum absolute atomic E-state index is 13.7. The van der Waals surface area contributed by atoms with Gasteiger partial charge in [0.2, 0.25) is 5.91 Å². The van der Waals surface area contributed by atoms with Crippen molar-refractivity contribution >= 4 is 28.3 Å². The molecule has 1 aliphatic heterocycles. The molecule has 0 radical (unpaired) electrons. The minimum absolute atomic E-state index is 0.151. The van der Waals surface area contributed by atoms with Gasteiger partial charge in [-0.2, -0.15) is 0 Å². The lowest BCUT2D eigenvalue weighted by Crippen LogP contribution is -2.36. The molecule has 3 aromatic carbocycles. The van der Waals surface area contributed by atoms with Gasteiger partial charge < -0.3 is 4.90 Å². The van der Waals surface area contributed by atoms with Gasteiger partial charge in [0.05, 0.1) is 17.2 Å². The summed E-state index contributed by atoms with van der Waals surface area (Å²) in [6.07, 6.45) is 12.4. The van der Waals surface area contributed by atoms with Crippen LogP contribution in [0.4, 0.5) is 10.1 Å². The summed E-state index contributed by atoms with van der Waals surface area (Å²) in [5, 5.41) is 4.99. The first-order valence-corrected chi connectivity index (χ1v) is 16.7. The highest BCUT2D eigenvalue weighted by Crippen LogP contribution is 2.31. The fourth-order valence-corrected chi connectivity index (χ4v) is 5.85. The average molecular weight is 616 g/mol. The molecule has 2 atom stereocenters. The lowest BCUT2D eigenvalue weighted by atomic mass is 9.88. The van der Waals surface area contributed by atoms with Gasteiger partial charge in [0, 0.05) is 17.8 Å². The van der Waals surface area contributed by atoms with Gasteiger partial charge in [-0.1, -0.05) is 69.3 Å². The number of halogens is 1. The number of aryl methyl sites for hydroxylation is 2. The second kappa shape index (κ2) is 17.6. The van der Waals surface area contributed by atoms with Gasteiger partial charge in [0.1, 0.15) is 16.8 Å². The van der Waals surface area contributed by atoms with E-state index in [2.05, 4.69) is 56.3 Å². The lowest BCUT2D eigenvalue weighted by molar-refractivity contribution is -0.118. The molecule has 0 bridgehead atoms. The zero-order chi connectivity index (χ0) is 32.1. The molecule has 2 aliphatic rings. The van der Waals surface area contributed by atoms with Gasteiger partial charge in [0.15, 0.2) is 0 Å². The van der Waals surface area contributed by atoms with E-state index in [1.807, 2.05) is 43.9 Å². The zero-order valence-corrected chi connectivity index (χ0v) is 27.5. The van der Waals surface area contributed by atoms with E-state index in [0.29, 0.717) is 17.9 Å². The molecule has 0 fully saturated rings. The van der Waals surface area contributed by atoms with E-state index in [1.165, 1.54) is 53.3 Å². The second-order valence-corrected chi connectivity index (χ2v) is 12.0. The Labute approximate surface area is 265 Å². The molecule has 234 valence electrons. The van der Waals surface area contributed by atoms with Crippen LogP contribution in [0.15, 0.2) is 101 Å². The number of allylic oxidation sites excluding steroid dienone is 3. The number of fused-ring (bicyclic) bond motifs is 1. The highest BCUT2D eigenvalue weighted by atomic mass is 32.2. The van der Waals surface area contributed by atoms with E-state index >= 15 is 0 Å². The summed E-state index contributed by atoms with van der Waals surface area (Å²) in [6, 6.07) is 20.2. The highest BCUT2D eigenvalue weighted by Gasteiger charge is 2.23. The van der Waals surface area contributed by atoms with E-state index in [0.717, 1.165) is 42.4 Å². The number of nitrogens with two attached hydrogens (primary N) is 1. The summed E-state index contributed by atoms with van der Waals surface area (Å²) in [6.45, 7) is 10.9. The zero-order valence-electron chi connectivity index (χ0n) is 26.7. The number of carbonyl (C=O) groups excluding carboxylic acids is 1. The number of nitrogens with zero attached hydrogens (tertiary/aromatic N) is 2. The number of aliphatic imine (C=N–C) groups is 1. The molecular weight excluding hydrogens is 569 g/mol. The van der Waals surface area contributed by atoms with Crippen molar-refractivity contribution in [3.63, 3.8) is 0 Å². The summed E-state index contributed by atoms with van der Waals surface area (Å²) in [5.41, 5.74) is 8.36. The van der Waals surface area contributed by atoms with Crippen molar-refractivity contribution in [2.45, 2.75) is 84.0 Å². The molecule has 2 N–H and O–H groups in total. The van der Waals surface area contributed by atoms with Gasteiger partial charge >= 0.3 is 0 Å². The number of amides is 1. The average Bonchev–Trinajstić information content (AvgIpc) is 3.24. The first kappa shape index (κ1) is 34.8. The monoisotopic (exact) mass is 615 g/mol. The Morgan fingerprint density at radius 2 is 1.75 bits per heavy atom. The molecule has 3 aromatic rings. The summed E-state index contributed by atoms with van der Waals surface area (Å²) in [4.78, 5) is 20.7. The SMILES string of the molecule is CC.CC1=CCC=CC(CN(C(=O)CC(C)c2ccccc2)c2cc(C)c3c(c2)CCCC3)=N1.NS(=O)c1cccc(F)c1. The number of anilines is 1. The van der Waals surface area contributed by atoms with Crippen LogP contribution >= 0.6 is 0 Å². The van der Waals surface area contributed by atoms with Crippen molar-refractivity contribution < 1.29 is 13.4 Å². The van der Waals surface area contributed by atoms with Crippen LogP contribution in [-0.2, 0) is 28.6 Å². The molecule has 0 saturated heterocycles. The van der Waals surface area contributed by atoms with Crippen LogP contribution < -0.4 is 10.0 Å². The molecule has 1 aliphatic carbocycles. The normalized spacial score (nSPS) is 15.1. The predicted molar refractivity (Wildman–Crippen MR) is 183 cm³/mol. The number of rotatable bonds is 7. The largest absolute Gasteiger partial charge is 0.306 e. The number of hydrogen-bond donors (Lipinski definition) is 1. The maximum atomic E-state index is 13.7. The Hall–Kier alpha value is -3.68. The topological polar surface area (TPSA) is 75.8 Å². The maximum Gasteiger partial charge on any atom is 0.227 e. The molecule has 44 heavy (non-hydrogen) atoms. The van der Waals surface area contributed by atoms with Gasteiger partial charge in [-0.25, -0.2) is 13.7 Å². The standard InChI is InChI=1S/C29H34N2O.C6H6FNOS.C2H6/c1-21(24-12-5-4-6-13-24)18-29(32)31(20-26-15-9-7-11-23(3)30-26)27-17-22(2)28-16-10-8-14-25(28)19-27;7-5-2-1-3-6(4-5)10(8)9;1-2/h4-6,9,11-13,15,17,19,21H,7-8,10,14,16,18,20H2,1-3H3;1-4H,8H2;1-2H3. The first-order chi connectivity index (χ1) is 21.2. The molecule has 1 heterocycles. The number of hydrogen-bond acceptors (Lipinski definition) is 3. The van der Waals surface area contributed by atoms with Crippen LogP contribution in [0.25, 0.3) is 0 Å². The third kappa shape index (κ3) is 10.2. The third-order valence-electron chi connectivity index (χ3n) is 7.66. The Bertz CT molecular complexity index is 1510. The van der Waals surface area contributed by atoms with E-state index < -0.39 is 16.8 Å². The summed E-state index contributed by atoms with van der Waals surface area (Å²) in [5.74, 6) is -0.104. The Kier molecular flexibility index (Phi) is 13.9. The van der Waals surface area contributed by atoms with E-state index in [1.54, 1.807) is 0 Å². The molecule has 5 rings (SSSR count). The van der Waals surface area contributed by atoms with Gasteiger partial charge in [-0.3, -0.25) is 9.79 Å². The second-order valence-electron chi connectivity index (χ2n) is 10.9. The summed E-state index contributed by atoms with van der Waals surface area (Å²) in [7, 11) is -1.58. The fraction of sp³-hybridized carbons (Fsp3) is 0.351. The number of benzene rings is 3. The van der Waals surface area contributed by atoms with Gasteiger partial charge in [-0.15, -0.1) is 0 Å². The smallest absolute Gasteiger partial charge is 0.227 e. The Balaban J connectivity index is 0.000000372. The molecule has 0 aromatic heterocycles. The van der Waals surface area contributed by atoms with Crippen LogP contribution in [0.5, 0.6) is 0 Å². The van der Waals surface area contributed by atoms with Crippen molar-refractivity contribution in [3.8, 4) is 0 Å². The first-order valence-electron chi connectivity index (χ1n) is 15.5. The van der Waals surface area contributed by atoms with Crippen molar-refractivity contribution in [1.29, 1.82) is 0 Å². The predicted octanol–water partition coefficient (Wildman–Crippen LogP) is 8.54. The summed E-state index contributed by atoms with van der Waals surface area (Å²) >= 11 is 0.